The van der Waals surface area contributed by atoms with E-state index in [1.165, 1.54) is 0 Å². The zero-order valence-corrected chi connectivity index (χ0v) is 8.48. The molecule has 0 aromatic carbocycles. The van der Waals surface area contributed by atoms with Gasteiger partial charge in [0.15, 0.2) is 0 Å². The van der Waals surface area contributed by atoms with Crippen LogP contribution in [0.1, 0.15) is 32.1 Å². The predicted octanol–water partition coefficient (Wildman–Crippen LogP) is 2.28. The molecule has 0 bridgehead atoms. The van der Waals surface area contributed by atoms with Crippen LogP contribution in [0.5, 0.6) is 0 Å². The van der Waals surface area contributed by atoms with Gasteiger partial charge in [-0.15, -0.1) is 11.6 Å². The van der Waals surface area contributed by atoms with Gasteiger partial charge in [-0.05, 0) is 32.1 Å². The van der Waals surface area contributed by atoms with E-state index in [9.17, 15) is 4.79 Å². The molecule has 1 amide bonds. The van der Waals surface area contributed by atoms with Crippen molar-refractivity contribution in [1.82, 2.24) is 5.32 Å². The van der Waals surface area contributed by atoms with Gasteiger partial charge >= 0.3 is 6.09 Å². The van der Waals surface area contributed by atoms with E-state index in [2.05, 4.69) is 5.32 Å². The summed E-state index contributed by atoms with van der Waals surface area (Å²) in [6.45, 7) is 0.509. The summed E-state index contributed by atoms with van der Waals surface area (Å²) in [5.41, 5.74) is 0. The molecule has 3 nitrogen and oxygen atoms in total. The molecule has 0 unspecified atom stereocenters. The molecule has 0 saturated heterocycles. The SMILES string of the molecule is O=C(NC1CC1)OCCCCCCl. The van der Waals surface area contributed by atoms with Crippen molar-refractivity contribution < 1.29 is 9.53 Å². The molecule has 0 aromatic rings. The van der Waals surface area contributed by atoms with Crippen LogP contribution in [0, 0.1) is 0 Å². The van der Waals surface area contributed by atoms with Gasteiger partial charge in [0.2, 0.25) is 0 Å². The lowest BCUT2D eigenvalue weighted by atomic mass is 10.3. The molecule has 0 spiro atoms. The third-order valence-electron chi connectivity index (χ3n) is 1.91. The molecule has 13 heavy (non-hydrogen) atoms. The molecule has 4 heteroatoms. The van der Waals surface area contributed by atoms with Crippen LogP contribution < -0.4 is 5.32 Å². The maximum atomic E-state index is 11.0. The molecule has 0 aliphatic heterocycles. The molecule has 1 rings (SSSR count). The lowest BCUT2D eigenvalue weighted by Crippen LogP contribution is -2.26. The second kappa shape index (κ2) is 6.08. The largest absolute Gasteiger partial charge is 0.450 e. The van der Waals surface area contributed by atoms with Gasteiger partial charge in [-0.2, -0.15) is 0 Å². The number of amides is 1. The van der Waals surface area contributed by atoms with Gasteiger partial charge in [0, 0.05) is 11.9 Å². The van der Waals surface area contributed by atoms with Crippen LogP contribution in [-0.4, -0.2) is 24.6 Å². The van der Waals surface area contributed by atoms with Crippen molar-refractivity contribution in [3.63, 3.8) is 0 Å². The normalized spacial score (nSPS) is 15.5. The maximum absolute atomic E-state index is 11.0. The Balaban J connectivity index is 1.83. The number of carbonyl (C=O) groups is 1. The summed E-state index contributed by atoms with van der Waals surface area (Å²) in [6.07, 6.45) is 4.86. The van der Waals surface area contributed by atoms with E-state index in [4.69, 9.17) is 16.3 Å². The Labute approximate surface area is 83.8 Å². The first kappa shape index (κ1) is 10.6. The highest BCUT2D eigenvalue weighted by atomic mass is 35.5. The highest BCUT2D eigenvalue weighted by molar-refractivity contribution is 6.17. The first-order chi connectivity index (χ1) is 6.33. The number of nitrogens with one attached hydrogen (secondary N) is 1. The summed E-state index contributed by atoms with van der Waals surface area (Å²) in [5, 5.41) is 2.76. The maximum Gasteiger partial charge on any atom is 0.407 e. The minimum absolute atomic E-state index is 0.270. The molecule has 0 heterocycles. The van der Waals surface area contributed by atoms with E-state index < -0.39 is 0 Å². The van der Waals surface area contributed by atoms with Gasteiger partial charge in [0.05, 0.1) is 6.61 Å². The topological polar surface area (TPSA) is 38.3 Å². The van der Waals surface area contributed by atoms with Gasteiger partial charge in [0.25, 0.3) is 0 Å². The van der Waals surface area contributed by atoms with Gasteiger partial charge in [-0.25, -0.2) is 4.79 Å². The van der Waals surface area contributed by atoms with Gasteiger partial charge in [-0.3, -0.25) is 0 Å². The molecule has 0 radical (unpaired) electrons. The monoisotopic (exact) mass is 205 g/mol. The van der Waals surface area contributed by atoms with E-state index in [1.54, 1.807) is 0 Å². The van der Waals surface area contributed by atoms with E-state index in [0.717, 1.165) is 32.1 Å². The lowest BCUT2D eigenvalue weighted by molar-refractivity contribution is 0.143. The average molecular weight is 206 g/mol. The number of hydrogen-bond donors (Lipinski definition) is 1. The number of unbranched alkanes of at least 4 members (excludes halogenated alkanes) is 2. The fourth-order valence-corrected chi connectivity index (χ4v) is 1.16. The molecule has 1 aliphatic carbocycles. The van der Waals surface area contributed by atoms with Crippen molar-refractivity contribution >= 4 is 17.7 Å². The first-order valence-corrected chi connectivity index (χ1v) is 5.35. The summed E-state index contributed by atoms with van der Waals surface area (Å²) in [7, 11) is 0. The van der Waals surface area contributed by atoms with Crippen molar-refractivity contribution in [2.24, 2.45) is 0 Å². The zero-order valence-electron chi connectivity index (χ0n) is 7.72. The third kappa shape index (κ3) is 5.75. The Kier molecular flexibility index (Phi) is 4.98. The number of hydrogen-bond acceptors (Lipinski definition) is 2. The van der Waals surface area contributed by atoms with Crippen LogP contribution >= 0.6 is 11.6 Å². The summed E-state index contributed by atoms with van der Waals surface area (Å²) in [4.78, 5) is 11.0. The fourth-order valence-electron chi connectivity index (χ4n) is 0.974. The van der Waals surface area contributed by atoms with Gasteiger partial charge in [0.1, 0.15) is 0 Å². The Morgan fingerprint density at radius 1 is 1.38 bits per heavy atom. The van der Waals surface area contributed by atoms with Crippen LogP contribution in [0.25, 0.3) is 0 Å². The summed E-state index contributed by atoms with van der Waals surface area (Å²) < 4.78 is 4.95. The van der Waals surface area contributed by atoms with E-state index in [1.807, 2.05) is 0 Å². The fraction of sp³-hybridized carbons (Fsp3) is 0.889. The van der Waals surface area contributed by atoms with E-state index in [0.29, 0.717) is 18.5 Å². The average Bonchev–Trinajstić information content (AvgIpc) is 2.88. The molecule has 0 aromatic heterocycles. The molecule has 0 atom stereocenters. The smallest absolute Gasteiger partial charge is 0.407 e. The van der Waals surface area contributed by atoms with Crippen LogP contribution in [-0.2, 0) is 4.74 Å². The molecule has 1 N–H and O–H groups in total. The Morgan fingerprint density at radius 2 is 2.15 bits per heavy atom. The number of alkyl carbamates (subject to hydrolysis) is 1. The summed E-state index contributed by atoms with van der Waals surface area (Å²) >= 11 is 5.50. The highest BCUT2D eigenvalue weighted by Crippen LogP contribution is 2.18. The number of rotatable bonds is 6. The molecule has 76 valence electrons. The van der Waals surface area contributed by atoms with Crippen LogP contribution in [0.15, 0.2) is 0 Å². The number of carbonyl (C=O) groups excluding carboxylic acids is 1. The molecule has 1 fully saturated rings. The van der Waals surface area contributed by atoms with Crippen molar-refractivity contribution in [3.05, 3.63) is 0 Å². The Hall–Kier alpha value is -0.440. The van der Waals surface area contributed by atoms with Crippen LogP contribution in [0.3, 0.4) is 0 Å². The third-order valence-corrected chi connectivity index (χ3v) is 2.18. The zero-order chi connectivity index (χ0) is 9.52. The Morgan fingerprint density at radius 3 is 2.77 bits per heavy atom. The van der Waals surface area contributed by atoms with Gasteiger partial charge < -0.3 is 10.1 Å². The van der Waals surface area contributed by atoms with E-state index >= 15 is 0 Å². The molecule has 1 aliphatic rings. The molecular formula is C9H16ClNO2. The van der Waals surface area contributed by atoms with Crippen molar-refractivity contribution in [2.75, 3.05) is 12.5 Å². The Bertz CT molecular complexity index is 160. The minimum atomic E-state index is -0.270. The molecular weight excluding hydrogens is 190 g/mol. The molecule has 1 saturated carbocycles. The standard InChI is InChI=1S/C9H16ClNO2/c10-6-2-1-3-7-13-9(12)11-8-4-5-8/h8H,1-7H2,(H,11,12). The van der Waals surface area contributed by atoms with Crippen LogP contribution in [0.2, 0.25) is 0 Å². The van der Waals surface area contributed by atoms with Crippen molar-refractivity contribution in [3.8, 4) is 0 Å². The first-order valence-electron chi connectivity index (χ1n) is 4.82. The quantitative estimate of drug-likeness (QED) is 0.534. The lowest BCUT2D eigenvalue weighted by Gasteiger charge is -2.04. The minimum Gasteiger partial charge on any atom is -0.450 e. The van der Waals surface area contributed by atoms with E-state index in [-0.39, 0.29) is 6.09 Å². The predicted molar refractivity (Wildman–Crippen MR) is 52.1 cm³/mol. The highest BCUT2D eigenvalue weighted by Gasteiger charge is 2.23. The van der Waals surface area contributed by atoms with Gasteiger partial charge in [-0.1, -0.05) is 0 Å². The summed E-state index contributed by atoms with van der Waals surface area (Å²) in [6, 6.07) is 0.385. The van der Waals surface area contributed by atoms with Crippen molar-refractivity contribution in [2.45, 2.75) is 38.1 Å². The summed E-state index contributed by atoms with van der Waals surface area (Å²) in [5.74, 6) is 0.689. The number of halogens is 1. The second-order valence-electron chi connectivity index (χ2n) is 3.30. The number of alkyl halides is 1. The number of ether oxygens (including phenoxy) is 1. The van der Waals surface area contributed by atoms with Crippen LogP contribution in [0.4, 0.5) is 4.79 Å². The van der Waals surface area contributed by atoms with Crippen molar-refractivity contribution in [1.29, 1.82) is 0 Å². The second-order valence-corrected chi connectivity index (χ2v) is 3.68.